The standard InChI is InChI=1S/C24H25ClN2O5S/c1-17(20-15-18(31-2)13-14-23(20)32-3)26-24(28)16-27(22-12-8-7-11-21(22)25)33(29,30)19-9-5-4-6-10-19/h4-15,17H,16H2,1-3H3,(H,26,28)/t17-/m0/s1. The quantitative estimate of drug-likeness (QED) is 0.481. The predicted octanol–water partition coefficient (Wildman–Crippen LogP) is 4.43. The molecule has 0 aromatic heterocycles. The minimum atomic E-state index is -4.05. The van der Waals surface area contributed by atoms with E-state index in [2.05, 4.69) is 5.32 Å². The fourth-order valence-corrected chi connectivity index (χ4v) is 5.10. The van der Waals surface area contributed by atoms with Crippen LogP contribution in [0.5, 0.6) is 11.5 Å². The van der Waals surface area contributed by atoms with E-state index in [1.165, 1.54) is 19.2 Å². The van der Waals surface area contributed by atoms with Crippen LogP contribution >= 0.6 is 11.6 Å². The van der Waals surface area contributed by atoms with Gasteiger partial charge >= 0.3 is 0 Å². The maximum atomic E-state index is 13.4. The highest BCUT2D eigenvalue weighted by Gasteiger charge is 2.29. The summed E-state index contributed by atoms with van der Waals surface area (Å²) in [6, 6.07) is 19.2. The van der Waals surface area contributed by atoms with Gasteiger partial charge in [0.1, 0.15) is 18.0 Å². The van der Waals surface area contributed by atoms with Crippen LogP contribution in [0.2, 0.25) is 5.02 Å². The van der Waals surface area contributed by atoms with Gasteiger partial charge in [0.2, 0.25) is 5.91 Å². The SMILES string of the molecule is COc1ccc(OC)c([C@H](C)NC(=O)CN(c2ccccc2Cl)S(=O)(=O)c2ccccc2)c1. The second-order valence-corrected chi connectivity index (χ2v) is 9.44. The number of hydrogen-bond donors (Lipinski definition) is 1. The van der Waals surface area contributed by atoms with Gasteiger partial charge in [0.05, 0.1) is 35.9 Å². The van der Waals surface area contributed by atoms with Crippen molar-refractivity contribution in [3.05, 3.63) is 83.4 Å². The molecule has 0 spiro atoms. The summed E-state index contributed by atoms with van der Waals surface area (Å²) in [4.78, 5) is 13.1. The Hall–Kier alpha value is -3.23. The predicted molar refractivity (Wildman–Crippen MR) is 129 cm³/mol. The minimum absolute atomic E-state index is 0.0558. The normalized spacial score (nSPS) is 12.0. The maximum Gasteiger partial charge on any atom is 0.264 e. The summed E-state index contributed by atoms with van der Waals surface area (Å²) in [6.45, 7) is 1.32. The summed E-state index contributed by atoms with van der Waals surface area (Å²) >= 11 is 6.30. The second-order valence-electron chi connectivity index (χ2n) is 7.17. The van der Waals surface area contributed by atoms with Crippen molar-refractivity contribution in [1.29, 1.82) is 0 Å². The lowest BCUT2D eigenvalue weighted by atomic mass is 10.1. The third kappa shape index (κ3) is 5.58. The lowest BCUT2D eigenvalue weighted by Gasteiger charge is -2.26. The monoisotopic (exact) mass is 488 g/mol. The zero-order valence-electron chi connectivity index (χ0n) is 18.5. The molecule has 3 aromatic carbocycles. The molecule has 0 aliphatic heterocycles. The van der Waals surface area contributed by atoms with E-state index in [0.717, 1.165) is 4.31 Å². The molecule has 1 amide bonds. The van der Waals surface area contributed by atoms with Crippen molar-refractivity contribution in [2.75, 3.05) is 25.1 Å². The number of halogens is 1. The average Bonchev–Trinajstić information content (AvgIpc) is 2.83. The minimum Gasteiger partial charge on any atom is -0.497 e. The number of rotatable bonds is 9. The van der Waals surface area contributed by atoms with Gasteiger partial charge in [0, 0.05) is 5.56 Å². The average molecular weight is 489 g/mol. The Labute approximate surface area is 198 Å². The van der Waals surface area contributed by atoms with Crippen LogP contribution in [-0.2, 0) is 14.8 Å². The van der Waals surface area contributed by atoms with Crippen molar-refractivity contribution in [1.82, 2.24) is 5.32 Å². The zero-order chi connectivity index (χ0) is 24.0. The summed E-state index contributed by atoms with van der Waals surface area (Å²) in [5.74, 6) is 0.673. The van der Waals surface area contributed by atoms with E-state index in [4.69, 9.17) is 21.1 Å². The molecule has 0 aliphatic rings. The van der Waals surface area contributed by atoms with Crippen LogP contribution in [0.4, 0.5) is 5.69 Å². The summed E-state index contributed by atoms with van der Waals surface area (Å²) < 4.78 is 38.5. The molecule has 0 fully saturated rings. The van der Waals surface area contributed by atoms with Gasteiger partial charge in [0.25, 0.3) is 10.0 Å². The van der Waals surface area contributed by atoms with E-state index < -0.39 is 28.5 Å². The van der Waals surface area contributed by atoms with E-state index >= 15 is 0 Å². The number of para-hydroxylation sites is 1. The van der Waals surface area contributed by atoms with Gasteiger partial charge < -0.3 is 14.8 Å². The molecule has 3 rings (SSSR count). The summed E-state index contributed by atoms with van der Waals surface area (Å²) in [5.41, 5.74) is 0.908. The molecule has 0 radical (unpaired) electrons. The van der Waals surface area contributed by atoms with Crippen molar-refractivity contribution in [3.63, 3.8) is 0 Å². The van der Waals surface area contributed by atoms with E-state index in [1.807, 2.05) is 0 Å². The number of anilines is 1. The molecule has 0 saturated carbocycles. The topological polar surface area (TPSA) is 84.9 Å². The van der Waals surface area contributed by atoms with Crippen LogP contribution in [0.3, 0.4) is 0 Å². The van der Waals surface area contributed by atoms with Gasteiger partial charge in [-0.15, -0.1) is 0 Å². The molecule has 1 N–H and O–H groups in total. The molecule has 1 atom stereocenters. The molecule has 3 aromatic rings. The molecule has 0 unspecified atom stereocenters. The van der Waals surface area contributed by atoms with Crippen molar-refractivity contribution < 1.29 is 22.7 Å². The summed E-state index contributed by atoms with van der Waals surface area (Å²) in [5, 5.41) is 3.06. The Kier molecular flexibility index (Phi) is 7.84. The molecule has 0 heterocycles. The number of nitrogens with zero attached hydrogens (tertiary/aromatic N) is 1. The Morgan fingerprint density at radius 3 is 2.30 bits per heavy atom. The molecule has 9 heteroatoms. The van der Waals surface area contributed by atoms with Crippen molar-refractivity contribution in [2.24, 2.45) is 0 Å². The number of amides is 1. The van der Waals surface area contributed by atoms with Crippen molar-refractivity contribution in [2.45, 2.75) is 17.9 Å². The van der Waals surface area contributed by atoms with Crippen LogP contribution in [0.1, 0.15) is 18.5 Å². The fourth-order valence-electron chi connectivity index (χ4n) is 3.35. The van der Waals surface area contributed by atoms with Crippen LogP contribution in [0, 0.1) is 0 Å². The van der Waals surface area contributed by atoms with Gasteiger partial charge in [-0.25, -0.2) is 8.42 Å². The van der Waals surface area contributed by atoms with E-state index in [-0.39, 0.29) is 15.6 Å². The highest BCUT2D eigenvalue weighted by atomic mass is 35.5. The Bertz CT molecular complexity index is 1220. The van der Waals surface area contributed by atoms with Crippen LogP contribution in [-0.4, -0.2) is 35.1 Å². The zero-order valence-corrected chi connectivity index (χ0v) is 20.1. The van der Waals surface area contributed by atoms with Crippen LogP contribution in [0.25, 0.3) is 0 Å². The fraction of sp³-hybridized carbons (Fsp3) is 0.208. The summed E-state index contributed by atoms with van der Waals surface area (Å²) in [7, 11) is -0.973. The summed E-state index contributed by atoms with van der Waals surface area (Å²) in [6.07, 6.45) is 0. The molecular formula is C24H25ClN2O5S. The smallest absolute Gasteiger partial charge is 0.264 e. The number of carbonyl (C=O) groups excluding carboxylic acids is 1. The highest BCUT2D eigenvalue weighted by Crippen LogP contribution is 2.31. The van der Waals surface area contributed by atoms with Gasteiger partial charge in [-0.3, -0.25) is 9.10 Å². The maximum absolute atomic E-state index is 13.4. The molecule has 7 nitrogen and oxygen atoms in total. The van der Waals surface area contributed by atoms with Gasteiger partial charge in [0.15, 0.2) is 0 Å². The molecule has 33 heavy (non-hydrogen) atoms. The third-order valence-electron chi connectivity index (χ3n) is 5.02. The molecule has 0 saturated heterocycles. The van der Waals surface area contributed by atoms with E-state index in [9.17, 15) is 13.2 Å². The molecule has 0 bridgehead atoms. The largest absolute Gasteiger partial charge is 0.497 e. The van der Waals surface area contributed by atoms with Gasteiger partial charge in [-0.1, -0.05) is 41.9 Å². The van der Waals surface area contributed by atoms with E-state index in [0.29, 0.717) is 17.1 Å². The first-order valence-electron chi connectivity index (χ1n) is 10.1. The first-order chi connectivity index (χ1) is 15.8. The second kappa shape index (κ2) is 10.6. The highest BCUT2D eigenvalue weighted by molar-refractivity contribution is 7.92. The first kappa shape index (κ1) is 24.4. The number of hydrogen-bond acceptors (Lipinski definition) is 5. The first-order valence-corrected chi connectivity index (χ1v) is 11.9. The number of benzene rings is 3. The molecule has 174 valence electrons. The Balaban J connectivity index is 1.91. The third-order valence-corrected chi connectivity index (χ3v) is 7.11. The van der Waals surface area contributed by atoms with Crippen LogP contribution in [0.15, 0.2) is 77.7 Å². The lowest BCUT2D eigenvalue weighted by Crippen LogP contribution is -2.41. The molecular weight excluding hydrogens is 464 g/mol. The number of sulfonamides is 1. The van der Waals surface area contributed by atoms with Crippen LogP contribution < -0.4 is 19.1 Å². The number of ether oxygens (including phenoxy) is 2. The number of methoxy groups -OCH3 is 2. The molecule has 0 aliphatic carbocycles. The van der Waals surface area contributed by atoms with Gasteiger partial charge in [-0.2, -0.15) is 0 Å². The number of carbonyl (C=O) groups is 1. The van der Waals surface area contributed by atoms with E-state index in [1.54, 1.807) is 74.7 Å². The lowest BCUT2D eigenvalue weighted by molar-refractivity contribution is -0.120. The van der Waals surface area contributed by atoms with Crippen molar-refractivity contribution in [3.8, 4) is 11.5 Å². The van der Waals surface area contributed by atoms with Gasteiger partial charge in [-0.05, 0) is 49.4 Å². The Morgan fingerprint density at radius 2 is 1.67 bits per heavy atom. The number of nitrogens with one attached hydrogen (secondary N) is 1. The van der Waals surface area contributed by atoms with Crippen molar-refractivity contribution >= 4 is 33.2 Å². The Morgan fingerprint density at radius 1 is 1.00 bits per heavy atom.